The minimum Gasteiger partial charge on any atom is -0.488 e. The SMILES string of the molecule is O=C(OCC(=O)c1ccc(S(=O)(=O)N2CCOCC2)cc1)C1=Cc2cc(Cl)ccc2OC1. The summed E-state index contributed by atoms with van der Waals surface area (Å²) in [7, 11) is -3.65. The zero-order chi connectivity index (χ0) is 22.7. The average molecular weight is 478 g/mol. The van der Waals surface area contributed by atoms with Crippen molar-refractivity contribution in [3.63, 3.8) is 0 Å². The van der Waals surface area contributed by atoms with Crippen LogP contribution < -0.4 is 4.74 Å². The third-order valence-electron chi connectivity index (χ3n) is 5.07. The minimum absolute atomic E-state index is 0.0236. The molecule has 168 valence electrons. The summed E-state index contributed by atoms with van der Waals surface area (Å²) in [6, 6.07) is 10.6. The van der Waals surface area contributed by atoms with Gasteiger partial charge in [0.05, 0.1) is 23.7 Å². The first-order valence-corrected chi connectivity index (χ1v) is 11.7. The highest BCUT2D eigenvalue weighted by Gasteiger charge is 2.26. The summed E-state index contributed by atoms with van der Waals surface area (Å²) in [6.07, 6.45) is 1.61. The van der Waals surface area contributed by atoms with E-state index in [-0.39, 0.29) is 35.7 Å². The van der Waals surface area contributed by atoms with Gasteiger partial charge in [0, 0.05) is 29.2 Å². The molecule has 2 aromatic rings. The number of esters is 1. The highest BCUT2D eigenvalue weighted by atomic mass is 35.5. The van der Waals surface area contributed by atoms with Gasteiger partial charge in [0.2, 0.25) is 10.0 Å². The first-order valence-electron chi connectivity index (χ1n) is 9.86. The van der Waals surface area contributed by atoms with Crippen LogP contribution in [0, 0.1) is 0 Å². The van der Waals surface area contributed by atoms with Crippen molar-refractivity contribution in [3.8, 4) is 5.75 Å². The first-order chi connectivity index (χ1) is 15.3. The molecule has 1 fully saturated rings. The molecule has 0 spiro atoms. The van der Waals surface area contributed by atoms with E-state index in [1.807, 2.05) is 0 Å². The van der Waals surface area contributed by atoms with E-state index in [1.54, 1.807) is 24.3 Å². The van der Waals surface area contributed by atoms with Crippen LogP contribution in [0.15, 0.2) is 52.9 Å². The fourth-order valence-electron chi connectivity index (χ4n) is 3.32. The molecule has 0 radical (unpaired) electrons. The summed E-state index contributed by atoms with van der Waals surface area (Å²) in [4.78, 5) is 24.8. The van der Waals surface area contributed by atoms with Crippen LogP contribution in [-0.4, -0.2) is 64.0 Å². The molecule has 0 N–H and O–H groups in total. The van der Waals surface area contributed by atoms with Gasteiger partial charge in [-0.15, -0.1) is 0 Å². The highest BCUT2D eigenvalue weighted by molar-refractivity contribution is 7.89. The number of sulfonamides is 1. The zero-order valence-electron chi connectivity index (χ0n) is 17.0. The van der Waals surface area contributed by atoms with E-state index >= 15 is 0 Å². The molecule has 4 rings (SSSR count). The second kappa shape index (κ2) is 9.41. The molecule has 2 aromatic carbocycles. The van der Waals surface area contributed by atoms with Crippen molar-refractivity contribution in [2.45, 2.75) is 4.90 Å². The number of benzene rings is 2. The number of ether oxygens (including phenoxy) is 3. The number of carbonyl (C=O) groups excluding carboxylic acids is 2. The van der Waals surface area contributed by atoms with Crippen molar-refractivity contribution in [1.82, 2.24) is 4.31 Å². The predicted octanol–water partition coefficient (Wildman–Crippen LogP) is 2.56. The number of fused-ring (bicyclic) bond motifs is 1. The maximum Gasteiger partial charge on any atom is 0.337 e. The quantitative estimate of drug-likeness (QED) is 0.465. The van der Waals surface area contributed by atoms with E-state index in [2.05, 4.69) is 0 Å². The van der Waals surface area contributed by atoms with Crippen LogP contribution in [0.1, 0.15) is 15.9 Å². The largest absolute Gasteiger partial charge is 0.488 e. The molecule has 2 aliphatic heterocycles. The van der Waals surface area contributed by atoms with E-state index < -0.39 is 28.4 Å². The Balaban J connectivity index is 1.38. The second-order valence-corrected chi connectivity index (χ2v) is 9.55. The second-order valence-electron chi connectivity index (χ2n) is 7.18. The number of halogens is 1. The average Bonchev–Trinajstić information content (AvgIpc) is 2.82. The number of hydrogen-bond acceptors (Lipinski definition) is 7. The maximum atomic E-state index is 12.7. The smallest absolute Gasteiger partial charge is 0.337 e. The maximum absolute atomic E-state index is 12.7. The van der Waals surface area contributed by atoms with Crippen molar-refractivity contribution in [2.24, 2.45) is 0 Å². The summed E-state index contributed by atoms with van der Waals surface area (Å²) in [5.41, 5.74) is 1.16. The topological polar surface area (TPSA) is 99.2 Å². The van der Waals surface area contributed by atoms with E-state index in [9.17, 15) is 18.0 Å². The van der Waals surface area contributed by atoms with Crippen molar-refractivity contribution < 1.29 is 32.2 Å². The molecule has 0 saturated carbocycles. The monoisotopic (exact) mass is 477 g/mol. The normalized spacial score (nSPS) is 16.5. The molecule has 2 heterocycles. The Bertz CT molecular complexity index is 1170. The summed E-state index contributed by atoms with van der Waals surface area (Å²) < 4.78 is 42.5. The van der Waals surface area contributed by atoms with Gasteiger partial charge in [0.25, 0.3) is 0 Å². The van der Waals surface area contributed by atoms with E-state index in [4.69, 9.17) is 25.8 Å². The molecule has 2 aliphatic rings. The Kier molecular flexibility index (Phi) is 6.61. The Hall–Kier alpha value is -2.72. The van der Waals surface area contributed by atoms with E-state index in [0.29, 0.717) is 29.5 Å². The van der Waals surface area contributed by atoms with Gasteiger partial charge in [0.1, 0.15) is 12.4 Å². The molecule has 32 heavy (non-hydrogen) atoms. The summed E-state index contributed by atoms with van der Waals surface area (Å²) in [5.74, 6) is -0.515. The zero-order valence-corrected chi connectivity index (χ0v) is 18.5. The number of Topliss-reactive ketones (excluding diaryl/α,β-unsaturated/α-hetero) is 1. The number of morpholine rings is 1. The Morgan fingerprint density at radius 2 is 1.78 bits per heavy atom. The van der Waals surface area contributed by atoms with Crippen molar-refractivity contribution in [3.05, 3.63) is 64.2 Å². The number of rotatable bonds is 6. The van der Waals surface area contributed by atoms with Crippen LogP contribution in [0.2, 0.25) is 5.02 Å². The molecule has 0 unspecified atom stereocenters. The predicted molar refractivity (Wildman–Crippen MR) is 116 cm³/mol. The van der Waals surface area contributed by atoms with Gasteiger partial charge in [-0.2, -0.15) is 4.31 Å². The fourth-order valence-corrected chi connectivity index (χ4v) is 4.91. The first kappa shape index (κ1) is 22.5. The Labute approximate surface area is 190 Å². The molecule has 8 nitrogen and oxygen atoms in total. The number of carbonyl (C=O) groups is 2. The fraction of sp³-hybridized carbons (Fsp3) is 0.273. The molecular formula is C22H20ClNO7S. The van der Waals surface area contributed by atoms with E-state index in [0.717, 1.165) is 0 Å². The van der Waals surface area contributed by atoms with Crippen LogP contribution in [-0.2, 0) is 24.3 Å². The lowest BCUT2D eigenvalue weighted by Gasteiger charge is -2.26. The molecule has 0 aromatic heterocycles. The van der Waals surface area contributed by atoms with Crippen molar-refractivity contribution >= 4 is 39.5 Å². The summed E-state index contributed by atoms with van der Waals surface area (Å²) >= 11 is 5.97. The number of ketones is 1. The van der Waals surface area contributed by atoms with Crippen LogP contribution in [0.5, 0.6) is 5.75 Å². The molecule has 10 heteroatoms. The standard InChI is InChI=1S/C22H20ClNO7S/c23-18-3-6-21-16(12-18)11-17(13-30-21)22(26)31-14-20(25)15-1-4-19(5-2-15)32(27,28)24-7-9-29-10-8-24/h1-6,11-12H,7-10,13-14H2. The summed E-state index contributed by atoms with van der Waals surface area (Å²) in [5, 5.41) is 0.507. The number of hydrogen-bond donors (Lipinski definition) is 0. The van der Waals surface area contributed by atoms with Gasteiger partial charge >= 0.3 is 5.97 Å². The third-order valence-corrected chi connectivity index (χ3v) is 7.21. The van der Waals surface area contributed by atoms with Crippen molar-refractivity contribution in [2.75, 3.05) is 39.5 Å². The van der Waals surface area contributed by atoms with Crippen molar-refractivity contribution in [1.29, 1.82) is 0 Å². The van der Waals surface area contributed by atoms with E-state index in [1.165, 1.54) is 28.6 Å². The lowest BCUT2D eigenvalue weighted by molar-refractivity contribution is -0.138. The van der Waals surface area contributed by atoms with Crippen LogP contribution in [0.4, 0.5) is 0 Å². The van der Waals surface area contributed by atoms with Crippen LogP contribution >= 0.6 is 11.6 Å². The van der Waals surface area contributed by atoms with Gasteiger partial charge in [0.15, 0.2) is 12.4 Å². The number of nitrogens with zero attached hydrogens (tertiary/aromatic N) is 1. The minimum atomic E-state index is -3.65. The van der Waals surface area contributed by atoms with Gasteiger partial charge in [-0.1, -0.05) is 11.6 Å². The third kappa shape index (κ3) is 4.86. The highest BCUT2D eigenvalue weighted by Crippen LogP contribution is 2.29. The van der Waals surface area contributed by atoms with Crippen LogP contribution in [0.25, 0.3) is 6.08 Å². The Morgan fingerprint density at radius 1 is 1.06 bits per heavy atom. The Morgan fingerprint density at radius 3 is 2.50 bits per heavy atom. The summed E-state index contributed by atoms with van der Waals surface area (Å²) in [6.45, 7) is 0.816. The molecule has 0 atom stereocenters. The van der Waals surface area contributed by atoms with Gasteiger partial charge in [-0.25, -0.2) is 13.2 Å². The molecular weight excluding hydrogens is 458 g/mol. The lowest BCUT2D eigenvalue weighted by atomic mass is 10.1. The molecule has 0 amide bonds. The van der Waals surface area contributed by atoms with Gasteiger partial charge in [-0.05, 0) is 48.5 Å². The van der Waals surface area contributed by atoms with Gasteiger partial charge < -0.3 is 14.2 Å². The molecule has 0 bridgehead atoms. The molecule has 0 aliphatic carbocycles. The van der Waals surface area contributed by atoms with Crippen LogP contribution in [0.3, 0.4) is 0 Å². The van der Waals surface area contributed by atoms with Gasteiger partial charge in [-0.3, -0.25) is 4.79 Å². The lowest BCUT2D eigenvalue weighted by Crippen LogP contribution is -2.40. The molecule has 1 saturated heterocycles.